The predicted octanol–water partition coefficient (Wildman–Crippen LogP) is 2.19. The second kappa shape index (κ2) is 7.31. The second-order valence-electron chi connectivity index (χ2n) is 5.37. The molecule has 21 heavy (non-hydrogen) atoms. The normalized spacial score (nSPS) is 15.0. The van der Waals surface area contributed by atoms with E-state index in [2.05, 4.69) is 17.9 Å². The molecular formula is C16H23NO4. The molecule has 0 saturated heterocycles. The highest BCUT2D eigenvalue weighted by atomic mass is 16.6. The molecule has 0 radical (unpaired) electrons. The van der Waals surface area contributed by atoms with Gasteiger partial charge in [-0.05, 0) is 37.6 Å². The fourth-order valence-electron chi connectivity index (χ4n) is 2.55. The molecule has 0 saturated carbocycles. The molecule has 1 aromatic carbocycles. The molecule has 116 valence electrons. The van der Waals surface area contributed by atoms with Crippen LogP contribution in [0.2, 0.25) is 0 Å². The first-order valence-electron chi connectivity index (χ1n) is 7.40. The number of aliphatic carboxylic acids is 1. The maximum absolute atomic E-state index is 10.7. The maximum Gasteiger partial charge on any atom is 0.304 e. The number of carbonyl (C=O) groups is 1. The fraction of sp³-hybridized carbons (Fsp3) is 0.562. The Balaban J connectivity index is 1.99. The average Bonchev–Trinajstić information content (AvgIpc) is 2.50. The Morgan fingerprint density at radius 2 is 2.05 bits per heavy atom. The Bertz CT molecular complexity index is 489. The number of ether oxygens (including phenoxy) is 2. The van der Waals surface area contributed by atoms with Gasteiger partial charge in [0.05, 0.1) is 6.42 Å². The van der Waals surface area contributed by atoms with Crippen molar-refractivity contribution < 1.29 is 19.4 Å². The molecule has 0 fully saturated rings. The number of benzene rings is 1. The van der Waals surface area contributed by atoms with Gasteiger partial charge < -0.3 is 19.5 Å². The lowest BCUT2D eigenvalue weighted by Gasteiger charge is -2.27. The Morgan fingerprint density at radius 3 is 2.71 bits per heavy atom. The van der Waals surface area contributed by atoms with Crippen molar-refractivity contribution in [2.45, 2.75) is 32.2 Å². The highest BCUT2D eigenvalue weighted by molar-refractivity contribution is 5.66. The van der Waals surface area contributed by atoms with E-state index >= 15 is 0 Å². The minimum atomic E-state index is -0.754. The molecule has 2 rings (SSSR count). The number of rotatable bonds is 7. The number of nitrogens with zero attached hydrogens (tertiary/aromatic N) is 1. The minimum Gasteiger partial charge on any atom is -0.486 e. The number of carboxylic acids is 1. The van der Waals surface area contributed by atoms with Crippen LogP contribution in [0.1, 0.15) is 25.3 Å². The van der Waals surface area contributed by atoms with Crippen molar-refractivity contribution in [2.24, 2.45) is 0 Å². The first-order valence-corrected chi connectivity index (χ1v) is 7.40. The van der Waals surface area contributed by atoms with E-state index in [9.17, 15) is 4.79 Å². The predicted molar refractivity (Wildman–Crippen MR) is 80.1 cm³/mol. The smallest absolute Gasteiger partial charge is 0.304 e. The zero-order chi connectivity index (χ0) is 15.2. The Morgan fingerprint density at radius 1 is 1.33 bits per heavy atom. The van der Waals surface area contributed by atoms with Crippen LogP contribution in [0.3, 0.4) is 0 Å². The standard InChI is InChI=1S/C16H23NO4/c1-3-13(17(2)7-6-16(18)19)10-12-4-5-14-15(11-12)21-9-8-20-14/h4-5,11,13H,3,6-10H2,1-2H3,(H,18,19). The second-order valence-corrected chi connectivity index (χ2v) is 5.37. The van der Waals surface area contributed by atoms with Crippen LogP contribution in [0.25, 0.3) is 0 Å². The van der Waals surface area contributed by atoms with Gasteiger partial charge in [0.1, 0.15) is 13.2 Å². The summed E-state index contributed by atoms with van der Waals surface area (Å²) in [5, 5.41) is 8.78. The number of hydrogen-bond donors (Lipinski definition) is 1. The van der Waals surface area contributed by atoms with Crippen LogP contribution in [0, 0.1) is 0 Å². The summed E-state index contributed by atoms with van der Waals surface area (Å²) in [6, 6.07) is 6.36. The summed E-state index contributed by atoms with van der Waals surface area (Å²) in [4.78, 5) is 12.8. The van der Waals surface area contributed by atoms with E-state index < -0.39 is 5.97 Å². The van der Waals surface area contributed by atoms with Crippen molar-refractivity contribution in [1.29, 1.82) is 0 Å². The lowest BCUT2D eigenvalue weighted by atomic mass is 10.0. The zero-order valence-corrected chi connectivity index (χ0v) is 12.7. The van der Waals surface area contributed by atoms with E-state index in [-0.39, 0.29) is 6.42 Å². The van der Waals surface area contributed by atoms with Crippen LogP contribution in [-0.4, -0.2) is 48.8 Å². The summed E-state index contributed by atoms with van der Waals surface area (Å²) in [6.07, 6.45) is 2.03. The summed E-state index contributed by atoms with van der Waals surface area (Å²) in [6.45, 7) is 3.88. The molecule has 0 amide bonds. The number of fused-ring (bicyclic) bond motifs is 1. The molecule has 0 aromatic heterocycles. The third-order valence-corrected chi connectivity index (χ3v) is 3.85. The number of hydrogen-bond acceptors (Lipinski definition) is 4. The highest BCUT2D eigenvalue weighted by Gasteiger charge is 2.17. The van der Waals surface area contributed by atoms with Crippen molar-refractivity contribution in [1.82, 2.24) is 4.90 Å². The van der Waals surface area contributed by atoms with Gasteiger partial charge in [0.2, 0.25) is 0 Å². The van der Waals surface area contributed by atoms with Gasteiger partial charge in [-0.25, -0.2) is 0 Å². The molecule has 5 heteroatoms. The van der Waals surface area contributed by atoms with E-state index in [0.29, 0.717) is 25.8 Å². The Labute approximate surface area is 125 Å². The van der Waals surface area contributed by atoms with E-state index in [1.807, 2.05) is 19.2 Å². The van der Waals surface area contributed by atoms with Crippen molar-refractivity contribution in [3.63, 3.8) is 0 Å². The summed E-state index contributed by atoms with van der Waals surface area (Å²) in [5.74, 6) is 0.857. The molecule has 1 atom stereocenters. The largest absolute Gasteiger partial charge is 0.486 e. The van der Waals surface area contributed by atoms with Crippen molar-refractivity contribution in [3.05, 3.63) is 23.8 Å². The van der Waals surface area contributed by atoms with Crippen molar-refractivity contribution in [2.75, 3.05) is 26.8 Å². The molecule has 5 nitrogen and oxygen atoms in total. The SMILES string of the molecule is CCC(Cc1ccc2c(c1)OCCO2)N(C)CCC(=O)O. The third-order valence-electron chi connectivity index (χ3n) is 3.85. The fourth-order valence-corrected chi connectivity index (χ4v) is 2.55. The summed E-state index contributed by atoms with van der Waals surface area (Å²) >= 11 is 0. The number of carboxylic acid groups (broad SMARTS) is 1. The average molecular weight is 293 g/mol. The minimum absolute atomic E-state index is 0.175. The van der Waals surface area contributed by atoms with E-state index in [0.717, 1.165) is 24.3 Å². The van der Waals surface area contributed by atoms with Gasteiger partial charge in [-0.3, -0.25) is 4.79 Å². The lowest BCUT2D eigenvalue weighted by Crippen LogP contribution is -2.34. The van der Waals surface area contributed by atoms with Crippen LogP contribution >= 0.6 is 0 Å². The van der Waals surface area contributed by atoms with Gasteiger partial charge in [0.25, 0.3) is 0 Å². The van der Waals surface area contributed by atoms with Crippen LogP contribution in [0.15, 0.2) is 18.2 Å². The monoisotopic (exact) mass is 293 g/mol. The van der Waals surface area contributed by atoms with E-state index in [4.69, 9.17) is 14.6 Å². The van der Waals surface area contributed by atoms with Crippen LogP contribution < -0.4 is 9.47 Å². The molecule has 1 N–H and O–H groups in total. The Hall–Kier alpha value is -1.75. The molecule has 1 aliphatic heterocycles. The van der Waals surface area contributed by atoms with Gasteiger partial charge in [0, 0.05) is 12.6 Å². The molecule has 1 heterocycles. The topological polar surface area (TPSA) is 59.0 Å². The van der Waals surface area contributed by atoms with Gasteiger partial charge in [0.15, 0.2) is 11.5 Å². The van der Waals surface area contributed by atoms with Crippen LogP contribution in [0.5, 0.6) is 11.5 Å². The summed E-state index contributed by atoms with van der Waals surface area (Å²) in [7, 11) is 1.98. The van der Waals surface area contributed by atoms with E-state index in [1.54, 1.807) is 0 Å². The van der Waals surface area contributed by atoms with Crippen molar-refractivity contribution in [3.8, 4) is 11.5 Å². The lowest BCUT2D eigenvalue weighted by molar-refractivity contribution is -0.137. The van der Waals surface area contributed by atoms with Gasteiger partial charge in [-0.15, -0.1) is 0 Å². The van der Waals surface area contributed by atoms with Crippen LogP contribution in [0.4, 0.5) is 0 Å². The molecule has 1 aliphatic rings. The van der Waals surface area contributed by atoms with Gasteiger partial charge in [-0.2, -0.15) is 0 Å². The molecule has 1 unspecified atom stereocenters. The summed E-state index contributed by atoms with van der Waals surface area (Å²) < 4.78 is 11.1. The molecule has 0 spiro atoms. The van der Waals surface area contributed by atoms with Gasteiger partial charge in [-0.1, -0.05) is 13.0 Å². The zero-order valence-electron chi connectivity index (χ0n) is 12.7. The molecule has 0 aliphatic carbocycles. The van der Waals surface area contributed by atoms with Crippen molar-refractivity contribution >= 4 is 5.97 Å². The van der Waals surface area contributed by atoms with E-state index in [1.165, 1.54) is 5.56 Å². The van der Waals surface area contributed by atoms with Crippen LogP contribution in [-0.2, 0) is 11.2 Å². The third kappa shape index (κ3) is 4.36. The summed E-state index contributed by atoms with van der Waals surface area (Å²) in [5.41, 5.74) is 1.19. The first kappa shape index (κ1) is 15.6. The maximum atomic E-state index is 10.7. The molecule has 1 aromatic rings. The number of likely N-dealkylation sites (N-methyl/N-ethyl adjacent to an activating group) is 1. The molecular weight excluding hydrogens is 270 g/mol. The first-order chi connectivity index (χ1) is 10.1. The highest BCUT2D eigenvalue weighted by Crippen LogP contribution is 2.31. The molecule has 0 bridgehead atoms. The van der Waals surface area contributed by atoms with Gasteiger partial charge >= 0.3 is 5.97 Å². The Kier molecular flexibility index (Phi) is 5.44. The quantitative estimate of drug-likeness (QED) is 0.835.